The van der Waals surface area contributed by atoms with Crippen LogP contribution in [0.25, 0.3) is 0 Å². The zero-order valence-corrected chi connectivity index (χ0v) is 11.6. The summed E-state index contributed by atoms with van der Waals surface area (Å²) in [4.78, 5) is 14.4. The molecule has 1 aromatic heterocycles. The molecule has 19 heavy (non-hydrogen) atoms. The van der Waals surface area contributed by atoms with Crippen molar-refractivity contribution in [2.24, 2.45) is 0 Å². The first-order valence-electron chi connectivity index (χ1n) is 5.41. The average Bonchev–Trinajstić information content (AvgIpc) is 2.33. The molecule has 0 saturated carbocycles. The van der Waals surface area contributed by atoms with E-state index in [4.69, 9.17) is 5.73 Å². The fraction of sp³-hybridized carbons (Fsp3) is 0.0833. The summed E-state index contributed by atoms with van der Waals surface area (Å²) >= 11 is 3.39. The van der Waals surface area contributed by atoms with Gasteiger partial charge < -0.3 is 11.1 Å². The van der Waals surface area contributed by atoms with Gasteiger partial charge in [0.05, 0.1) is 4.92 Å². The second kappa shape index (κ2) is 5.23. The van der Waals surface area contributed by atoms with Crippen molar-refractivity contribution in [3.63, 3.8) is 0 Å². The molecule has 0 amide bonds. The standard InChI is InChI=1S/C12H11BrN4O2/c1-7-6-8(2-3-9(7)13)15-12-10(17(18)19)4-5-11(14)16-12/h2-6H,1H3,(H3,14,15,16). The van der Waals surface area contributed by atoms with Crippen LogP contribution in [0.5, 0.6) is 0 Å². The Labute approximate surface area is 117 Å². The van der Waals surface area contributed by atoms with Gasteiger partial charge in [0.1, 0.15) is 5.82 Å². The number of nitrogens with one attached hydrogen (secondary N) is 1. The van der Waals surface area contributed by atoms with Crippen molar-refractivity contribution in [1.29, 1.82) is 0 Å². The number of hydrogen-bond donors (Lipinski definition) is 2. The number of anilines is 3. The summed E-state index contributed by atoms with van der Waals surface area (Å²) in [5.74, 6) is 0.355. The Morgan fingerprint density at radius 2 is 2.11 bits per heavy atom. The van der Waals surface area contributed by atoms with E-state index >= 15 is 0 Å². The zero-order valence-electron chi connectivity index (χ0n) is 10.1. The van der Waals surface area contributed by atoms with Crippen molar-refractivity contribution in [1.82, 2.24) is 4.98 Å². The van der Waals surface area contributed by atoms with Gasteiger partial charge in [-0.05, 0) is 36.8 Å². The minimum Gasteiger partial charge on any atom is -0.384 e. The summed E-state index contributed by atoms with van der Waals surface area (Å²) < 4.78 is 0.966. The van der Waals surface area contributed by atoms with Crippen molar-refractivity contribution < 1.29 is 4.92 Å². The number of hydrogen-bond acceptors (Lipinski definition) is 5. The van der Waals surface area contributed by atoms with Crippen molar-refractivity contribution in [3.05, 3.63) is 50.5 Å². The number of aryl methyl sites for hydroxylation is 1. The molecular weight excluding hydrogens is 312 g/mol. The molecule has 7 heteroatoms. The lowest BCUT2D eigenvalue weighted by Crippen LogP contribution is -2.02. The molecule has 0 fully saturated rings. The third-order valence-electron chi connectivity index (χ3n) is 2.51. The van der Waals surface area contributed by atoms with Crippen LogP contribution in [-0.4, -0.2) is 9.91 Å². The molecule has 0 saturated heterocycles. The predicted molar refractivity (Wildman–Crippen MR) is 77.5 cm³/mol. The second-order valence-electron chi connectivity index (χ2n) is 3.95. The summed E-state index contributed by atoms with van der Waals surface area (Å²) in [5, 5.41) is 13.8. The van der Waals surface area contributed by atoms with Crippen LogP contribution in [0, 0.1) is 17.0 Å². The van der Waals surface area contributed by atoms with Crippen molar-refractivity contribution >= 4 is 38.9 Å². The molecule has 0 aliphatic heterocycles. The SMILES string of the molecule is Cc1cc(Nc2nc(N)ccc2[N+](=O)[O-])ccc1Br. The Morgan fingerprint density at radius 1 is 1.37 bits per heavy atom. The van der Waals surface area contributed by atoms with Gasteiger partial charge in [0.2, 0.25) is 5.82 Å². The van der Waals surface area contributed by atoms with E-state index < -0.39 is 4.92 Å². The third-order valence-corrected chi connectivity index (χ3v) is 3.40. The monoisotopic (exact) mass is 322 g/mol. The van der Waals surface area contributed by atoms with Crippen molar-refractivity contribution in [3.8, 4) is 0 Å². The van der Waals surface area contributed by atoms with Crippen LogP contribution in [0.15, 0.2) is 34.8 Å². The average molecular weight is 323 g/mol. The summed E-state index contributed by atoms with van der Waals surface area (Å²) in [6, 6.07) is 8.24. The van der Waals surface area contributed by atoms with Crippen LogP contribution in [0.4, 0.5) is 23.0 Å². The number of benzene rings is 1. The van der Waals surface area contributed by atoms with Crippen LogP contribution in [-0.2, 0) is 0 Å². The molecule has 1 heterocycles. The lowest BCUT2D eigenvalue weighted by atomic mass is 10.2. The van der Waals surface area contributed by atoms with Crippen LogP contribution in [0.1, 0.15) is 5.56 Å². The van der Waals surface area contributed by atoms with Gasteiger partial charge >= 0.3 is 5.69 Å². The highest BCUT2D eigenvalue weighted by molar-refractivity contribution is 9.10. The predicted octanol–water partition coefficient (Wildman–Crippen LogP) is 3.39. The molecule has 6 nitrogen and oxygen atoms in total. The zero-order chi connectivity index (χ0) is 14.0. The summed E-state index contributed by atoms with van der Waals surface area (Å²) in [7, 11) is 0. The molecular formula is C12H11BrN4O2. The van der Waals surface area contributed by atoms with Gasteiger partial charge in [-0.2, -0.15) is 0 Å². The van der Waals surface area contributed by atoms with Gasteiger partial charge in [-0.1, -0.05) is 15.9 Å². The number of rotatable bonds is 3. The molecule has 0 bridgehead atoms. The topological polar surface area (TPSA) is 94.1 Å². The van der Waals surface area contributed by atoms with Gasteiger partial charge in [0, 0.05) is 16.2 Å². The maximum absolute atomic E-state index is 10.9. The van der Waals surface area contributed by atoms with Gasteiger partial charge in [0.15, 0.2) is 0 Å². The molecule has 1 aromatic carbocycles. The van der Waals surface area contributed by atoms with E-state index in [2.05, 4.69) is 26.2 Å². The Balaban J connectivity index is 2.39. The summed E-state index contributed by atoms with van der Waals surface area (Å²) in [5.41, 5.74) is 7.16. The normalized spacial score (nSPS) is 10.2. The van der Waals surface area contributed by atoms with Gasteiger partial charge in [-0.3, -0.25) is 10.1 Å². The minimum atomic E-state index is -0.500. The lowest BCUT2D eigenvalue weighted by molar-refractivity contribution is -0.384. The summed E-state index contributed by atoms with van der Waals surface area (Å²) in [6.45, 7) is 1.93. The number of nitro groups is 1. The quantitative estimate of drug-likeness (QED) is 0.667. The molecule has 0 unspecified atom stereocenters. The Morgan fingerprint density at radius 3 is 2.74 bits per heavy atom. The highest BCUT2D eigenvalue weighted by Crippen LogP contribution is 2.28. The fourth-order valence-electron chi connectivity index (χ4n) is 1.57. The maximum atomic E-state index is 10.9. The smallest absolute Gasteiger partial charge is 0.311 e. The highest BCUT2D eigenvalue weighted by atomic mass is 79.9. The number of pyridine rings is 1. The first kappa shape index (κ1) is 13.3. The van der Waals surface area contributed by atoms with Crippen LogP contribution in [0.2, 0.25) is 0 Å². The van der Waals surface area contributed by atoms with Crippen LogP contribution < -0.4 is 11.1 Å². The first-order valence-corrected chi connectivity index (χ1v) is 6.21. The van der Waals surface area contributed by atoms with Gasteiger partial charge in [-0.25, -0.2) is 4.98 Å². The van der Waals surface area contributed by atoms with E-state index in [9.17, 15) is 10.1 Å². The Kier molecular flexibility index (Phi) is 3.66. The molecule has 0 radical (unpaired) electrons. The second-order valence-corrected chi connectivity index (χ2v) is 4.80. The molecule has 2 aromatic rings. The van der Waals surface area contributed by atoms with Gasteiger partial charge in [-0.15, -0.1) is 0 Å². The van der Waals surface area contributed by atoms with Crippen LogP contribution in [0.3, 0.4) is 0 Å². The van der Waals surface area contributed by atoms with E-state index in [0.717, 1.165) is 10.0 Å². The number of aromatic nitrogens is 1. The van der Waals surface area contributed by atoms with E-state index in [1.165, 1.54) is 12.1 Å². The van der Waals surface area contributed by atoms with E-state index in [1.807, 2.05) is 19.1 Å². The lowest BCUT2D eigenvalue weighted by Gasteiger charge is -2.08. The summed E-state index contributed by atoms with van der Waals surface area (Å²) in [6.07, 6.45) is 0. The molecule has 0 atom stereocenters. The minimum absolute atomic E-state index is 0.116. The Hall–Kier alpha value is -2.15. The van der Waals surface area contributed by atoms with E-state index in [-0.39, 0.29) is 17.3 Å². The number of nitrogens with two attached hydrogens (primary N) is 1. The van der Waals surface area contributed by atoms with E-state index in [0.29, 0.717) is 5.69 Å². The van der Waals surface area contributed by atoms with Gasteiger partial charge in [0.25, 0.3) is 0 Å². The molecule has 0 aliphatic rings. The number of nitrogens with zero attached hydrogens (tertiary/aromatic N) is 2. The number of nitrogen functional groups attached to an aromatic ring is 1. The largest absolute Gasteiger partial charge is 0.384 e. The highest BCUT2D eigenvalue weighted by Gasteiger charge is 2.15. The molecule has 0 spiro atoms. The maximum Gasteiger partial charge on any atom is 0.311 e. The van der Waals surface area contributed by atoms with Crippen molar-refractivity contribution in [2.45, 2.75) is 6.92 Å². The molecule has 2 rings (SSSR count). The fourth-order valence-corrected chi connectivity index (χ4v) is 1.81. The van der Waals surface area contributed by atoms with Crippen molar-refractivity contribution in [2.75, 3.05) is 11.1 Å². The van der Waals surface area contributed by atoms with Crippen LogP contribution >= 0.6 is 15.9 Å². The third kappa shape index (κ3) is 3.00. The molecule has 0 aliphatic carbocycles. The Bertz CT molecular complexity index is 646. The molecule has 3 N–H and O–H groups in total. The number of halogens is 1. The first-order chi connectivity index (χ1) is 8.97. The molecule has 98 valence electrons. The van der Waals surface area contributed by atoms with E-state index in [1.54, 1.807) is 6.07 Å².